The Morgan fingerprint density at radius 2 is 1.89 bits per heavy atom. The minimum atomic E-state index is 0.272. The van der Waals surface area contributed by atoms with E-state index in [-0.39, 0.29) is 5.78 Å². The van der Waals surface area contributed by atoms with Gasteiger partial charge in [-0.05, 0) is 82.1 Å². The fraction of sp³-hybridized carbons (Fsp3) is 0.500. The first-order valence-corrected chi connectivity index (χ1v) is 14.1. The molecule has 2 aromatic rings. The van der Waals surface area contributed by atoms with Crippen LogP contribution in [0.5, 0.6) is 5.75 Å². The van der Waals surface area contributed by atoms with Crippen molar-refractivity contribution in [1.29, 1.82) is 0 Å². The maximum Gasteiger partial charge on any atom is 0.130 e. The summed E-state index contributed by atoms with van der Waals surface area (Å²) in [7, 11) is 1.77. The standard InChI is InChI=1S/C34H49NO2/c1-9-13-33(35(18-10-2)24-29(11-3)22-28(7)36)31-21-27(6)32(34(23-31)37-8)20-26(5)16-17-30-15-12-14-25(4)19-30/h12-15,19,21,23,29H,5,9-11,16-18,20,22,24H2,1-4,6-8H3/b33-13+. The lowest BCUT2D eigenvalue weighted by atomic mass is 9.93. The molecule has 202 valence electrons. The van der Waals surface area contributed by atoms with E-state index < -0.39 is 0 Å². The minimum Gasteiger partial charge on any atom is -0.496 e. The van der Waals surface area contributed by atoms with Gasteiger partial charge in [-0.2, -0.15) is 0 Å². The maximum atomic E-state index is 11.9. The molecule has 0 saturated carbocycles. The zero-order valence-electron chi connectivity index (χ0n) is 24.5. The van der Waals surface area contributed by atoms with Crippen LogP contribution in [0.2, 0.25) is 0 Å². The summed E-state index contributed by atoms with van der Waals surface area (Å²) in [5.74, 6) is 1.57. The zero-order chi connectivity index (χ0) is 27.4. The van der Waals surface area contributed by atoms with Crippen LogP contribution in [0.1, 0.15) is 87.6 Å². The smallest absolute Gasteiger partial charge is 0.130 e. The Labute approximate surface area is 226 Å². The fourth-order valence-electron chi connectivity index (χ4n) is 5.13. The van der Waals surface area contributed by atoms with Crippen LogP contribution in [-0.4, -0.2) is 30.9 Å². The lowest BCUT2D eigenvalue weighted by molar-refractivity contribution is -0.118. The molecule has 0 aromatic heterocycles. The number of rotatable bonds is 16. The number of hydrogen-bond donors (Lipinski definition) is 0. The Kier molecular flexibility index (Phi) is 12.7. The number of ketones is 1. The van der Waals surface area contributed by atoms with Gasteiger partial charge in [0.05, 0.1) is 7.11 Å². The number of methoxy groups -OCH3 is 1. The van der Waals surface area contributed by atoms with E-state index >= 15 is 0 Å². The Morgan fingerprint density at radius 3 is 2.49 bits per heavy atom. The monoisotopic (exact) mass is 503 g/mol. The number of ether oxygens (including phenoxy) is 1. The average Bonchev–Trinajstić information content (AvgIpc) is 2.86. The summed E-state index contributed by atoms with van der Waals surface area (Å²) >= 11 is 0. The molecule has 37 heavy (non-hydrogen) atoms. The molecule has 0 N–H and O–H groups in total. The van der Waals surface area contributed by atoms with Gasteiger partial charge in [0, 0.05) is 36.3 Å². The number of carbonyl (C=O) groups excluding carboxylic acids is 1. The third-order valence-corrected chi connectivity index (χ3v) is 7.09. The highest BCUT2D eigenvalue weighted by Gasteiger charge is 2.20. The summed E-state index contributed by atoms with van der Waals surface area (Å²) in [6.07, 6.45) is 8.79. The van der Waals surface area contributed by atoms with E-state index in [2.05, 4.69) is 88.6 Å². The number of hydrogen-bond acceptors (Lipinski definition) is 3. The van der Waals surface area contributed by atoms with E-state index in [0.717, 1.165) is 57.4 Å². The Balaban J connectivity index is 2.29. The molecule has 0 amide bonds. The van der Waals surface area contributed by atoms with Crippen LogP contribution in [0.15, 0.2) is 54.6 Å². The number of carbonyl (C=O) groups is 1. The first-order valence-electron chi connectivity index (χ1n) is 14.1. The van der Waals surface area contributed by atoms with E-state index in [1.165, 1.54) is 39.1 Å². The quantitative estimate of drug-likeness (QED) is 0.215. The topological polar surface area (TPSA) is 29.5 Å². The Bertz CT molecular complexity index is 1070. The van der Waals surface area contributed by atoms with Crippen LogP contribution in [0.4, 0.5) is 0 Å². The molecular weight excluding hydrogens is 454 g/mol. The van der Waals surface area contributed by atoms with Crippen molar-refractivity contribution in [1.82, 2.24) is 4.90 Å². The first-order chi connectivity index (χ1) is 17.7. The highest BCUT2D eigenvalue weighted by Crippen LogP contribution is 2.33. The predicted octanol–water partition coefficient (Wildman–Crippen LogP) is 8.51. The van der Waals surface area contributed by atoms with Crippen molar-refractivity contribution in [3.05, 3.63) is 82.4 Å². The van der Waals surface area contributed by atoms with Gasteiger partial charge >= 0.3 is 0 Å². The van der Waals surface area contributed by atoms with Crippen molar-refractivity contribution < 1.29 is 9.53 Å². The molecule has 3 heteroatoms. The number of allylic oxidation sites excluding steroid dienone is 2. The molecule has 1 unspecified atom stereocenters. The lowest BCUT2D eigenvalue weighted by Crippen LogP contribution is -2.30. The molecule has 3 nitrogen and oxygen atoms in total. The molecule has 0 spiro atoms. The highest BCUT2D eigenvalue weighted by molar-refractivity contribution is 5.75. The van der Waals surface area contributed by atoms with Gasteiger partial charge in [0.2, 0.25) is 0 Å². The van der Waals surface area contributed by atoms with Gasteiger partial charge in [-0.25, -0.2) is 0 Å². The van der Waals surface area contributed by atoms with Crippen LogP contribution in [0, 0.1) is 19.8 Å². The van der Waals surface area contributed by atoms with E-state index in [0.29, 0.717) is 12.3 Å². The highest BCUT2D eigenvalue weighted by atomic mass is 16.5. The molecule has 1 atom stereocenters. The minimum absolute atomic E-state index is 0.272. The average molecular weight is 504 g/mol. The second-order valence-corrected chi connectivity index (χ2v) is 10.5. The molecule has 2 aromatic carbocycles. The summed E-state index contributed by atoms with van der Waals surface area (Å²) in [6, 6.07) is 13.2. The second-order valence-electron chi connectivity index (χ2n) is 10.5. The number of nitrogens with zero attached hydrogens (tertiary/aromatic N) is 1. The van der Waals surface area contributed by atoms with Gasteiger partial charge in [0.15, 0.2) is 0 Å². The molecule has 0 aliphatic rings. The summed E-state index contributed by atoms with van der Waals surface area (Å²) in [6.45, 7) is 18.9. The third kappa shape index (κ3) is 9.54. The van der Waals surface area contributed by atoms with Crippen LogP contribution in [0.25, 0.3) is 5.70 Å². The van der Waals surface area contributed by atoms with Gasteiger partial charge in [0.25, 0.3) is 0 Å². The van der Waals surface area contributed by atoms with Crippen LogP contribution < -0.4 is 4.74 Å². The van der Waals surface area contributed by atoms with Crippen molar-refractivity contribution in [3.63, 3.8) is 0 Å². The second kappa shape index (κ2) is 15.4. The normalized spacial score (nSPS) is 12.4. The van der Waals surface area contributed by atoms with E-state index in [1.54, 1.807) is 14.0 Å². The largest absolute Gasteiger partial charge is 0.496 e. The number of benzene rings is 2. The SMILES string of the molecule is C=C(CCc1cccc(C)c1)Cc1c(C)cc(/C(=C\CC)N(CCC)CC(CC)CC(C)=O)cc1OC. The summed E-state index contributed by atoms with van der Waals surface area (Å²) in [4.78, 5) is 14.3. The van der Waals surface area contributed by atoms with Crippen molar-refractivity contribution in [3.8, 4) is 5.75 Å². The molecule has 0 radical (unpaired) electrons. The molecule has 0 heterocycles. The number of aryl methyl sites for hydroxylation is 3. The van der Waals surface area contributed by atoms with Crippen molar-refractivity contribution in [2.75, 3.05) is 20.2 Å². The van der Waals surface area contributed by atoms with Gasteiger partial charge in [-0.1, -0.05) is 75.2 Å². The van der Waals surface area contributed by atoms with Gasteiger partial charge in [-0.3, -0.25) is 0 Å². The van der Waals surface area contributed by atoms with Crippen molar-refractivity contribution >= 4 is 11.5 Å². The maximum absolute atomic E-state index is 11.9. The summed E-state index contributed by atoms with van der Waals surface area (Å²) < 4.78 is 5.94. The summed E-state index contributed by atoms with van der Waals surface area (Å²) in [5.41, 5.74) is 8.79. The van der Waals surface area contributed by atoms with Gasteiger partial charge in [-0.15, -0.1) is 0 Å². The molecule has 0 bridgehead atoms. The van der Waals surface area contributed by atoms with E-state index in [4.69, 9.17) is 4.74 Å². The Morgan fingerprint density at radius 1 is 1.14 bits per heavy atom. The molecule has 0 fully saturated rings. The summed E-state index contributed by atoms with van der Waals surface area (Å²) in [5, 5.41) is 0. The molecule has 0 aliphatic heterocycles. The molecular formula is C34H49NO2. The first kappa shape index (κ1) is 30.4. The van der Waals surface area contributed by atoms with E-state index in [1.807, 2.05) is 0 Å². The number of Topliss-reactive ketones (excluding diaryl/α,β-unsaturated/α-hetero) is 1. The van der Waals surface area contributed by atoms with Crippen LogP contribution >= 0.6 is 0 Å². The molecule has 0 aliphatic carbocycles. The van der Waals surface area contributed by atoms with Gasteiger partial charge < -0.3 is 14.4 Å². The lowest BCUT2D eigenvalue weighted by Gasteiger charge is -2.32. The molecule has 2 rings (SSSR count). The third-order valence-electron chi connectivity index (χ3n) is 7.09. The predicted molar refractivity (Wildman–Crippen MR) is 159 cm³/mol. The van der Waals surface area contributed by atoms with Crippen molar-refractivity contribution in [2.45, 2.75) is 86.5 Å². The van der Waals surface area contributed by atoms with E-state index in [9.17, 15) is 4.79 Å². The zero-order valence-corrected chi connectivity index (χ0v) is 24.5. The fourth-order valence-corrected chi connectivity index (χ4v) is 5.13. The molecule has 0 saturated heterocycles. The van der Waals surface area contributed by atoms with Gasteiger partial charge in [0.1, 0.15) is 11.5 Å². The van der Waals surface area contributed by atoms with Crippen LogP contribution in [-0.2, 0) is 17.6 Å². The van der Waals surface area contributed by atoms with Crippen molar-refractivity contribution in [2.24, 2.45) is 5.92 Å². The van der Waals surface area contributed by atoms with Crippen LogP contribution in [0.3, 0.4) is 0 Å². The Hall–Kier alpha value is -2.81.